The molecule has 1 N–H and O–H groups in total. The maximum atomic E-state index is 14.1. The van der Waals surface area contributed by atoms with Gasteiger partial charge in [0.1, 0.15) is 17.2 Å². The first-order valence-corrected chi connectivity index (χ1v) is 10.8. The molecule has 1 aromatic carbocycles. The lowest BCUT2D eigenvalue weighted by molar-refractivity contribution is -0.114. The number of aromatic nitrogens is 4. The minimum atomic E-state index is -0.444. The highest BCUT2D eigenvalue weighted by Crippen LogP contribution is 2.37. The van der Waals surface area contributed by atoms with Crippen LogP contribution in [0.2, 0.25) is 0 Å². The summed E-state index contributed by atoms with van der Waals surface area (Å²) < 4.78 is 25.7. The molecule has 0 fully saturated rings. The molecule has 1 atom stereocenters. The first-order chi connectivity index (χ1) is 15.3. The highest BCUT2D eigenvalue weighted by molar-refractivity contribution is 7.09. The number of hydrogen-bond acceptors (Lipinski definition) is 7. The summed E-state index contributed by atoms with van der Waals surface area (Å²) >= 11 is 1.23. The Morgan fingerprint density at radius 1 is 1.25 bits per heavy atom. The molecule has 0 bridgehead atoms. The SMILES string of the molecule is CC(=O)Nc1nc(-c2nc(C)ns2)n2c1[C@@H](C)N(C(=O)c1ccc(F)c3ccoc13)CC2. The van der Waals surface area contributed by atoms with Crippen molar-refractivity contribution in [3.63, 3.8) is 0 Å². The fourth-order valence-corrected chi connectivity index (χ4v) is 4.77. The molecule has 0 saturated heterocycles. The number of carbonyl (C=O) groups excluding carboxylic acids is 2. The van der Waals surface area contributed by atoms with E-state index in [1.807, 2.05) is 11.5 Å². The average Bonchev–Trinajstić information content (AvgIpc) is 3.47. The fraction of sp³-hybridized carbons (Fsp3) is 0.286. The van der Waals surface area contributed by atoms with Crippen LogP contribution >= 0.6 is 11.5 Å². The highest BCUT2D eigenvalue weighted by atomic mass is 32.1. The molecule has 1 aliphatic rings. The minimum absolute atomic E-state index is 0.216. The average molecular weight is 454 g/mol. The van der Waals surface area contributed by atoms with E-state index in [0.29, 0.717) is 41.3 Å². The molecule has 0 radical (unpaired) electrons. The second kappa shape index (κ2) is 7.52. The van der Waals surface area contributed by atoms with Crippen LogP contribution in [-0.2, 0) is 11.3 Å². The lowest BCUT2D eigenvalue weighted by Crippen LogP contribution is -2.41. The van der Waals surface area contributed by atoms with Crippen LogP contribution in [0.4, 0.5) is 10.2 Å². The number of aryl methyl sites for hydroxylation is 1. The predicted molar refractivity (Wildman–Crippen MR) is 116 cm³/mol. The molecule has 32 heavy (non-hydrogen) atoms. The van der Waals surface area contributed by atoms with E-state index in [1.54, 1.807) is 11.8 Å². The van der Waals surface area contributed by atoms with Crippen molar-refractivity contribution in [3.8, 4) is 10.8 Å². The van der Waals surface area contributed by atoms with Gasteiger partial charge in [0.25, 0.3) is 5.91 Å². The number of anilines is 1. The quantitative estimate of drug-likeness (QED) is 0.505. The van der Waals surface area contributed by atoms with Crippen LogP contribution in [0.25, 0.3) is 21.8 Å². The van der Waals surface area contributed by atoms with E-state index in [0.717, 1.165) is 0 Å². The van der Waals surface area contributed by atoms with Gasteiger partial charge in [0.2, 0.25) is 5.91 Å². The zero-order valence-corrected chi connectivity index (χ0v) is 18.4. The zero-order valence-electron chi connectivity index (χ0n) is 17.5. The molecule has 0 spiro atoms. The molecule has 3 aromatic heterocycles. The maximum absolute atomic E-state index is 14.1. The standard InChI is InChI=1S/C21H19FN6O3S/c1-10-16-18(24-12(3)29)25-19(20-23-11(2)26-32-20)28(16)8-7-27(10)21(30)14-4-5-15(22)13-6-9-31-17(13)14/h4-6,9-10H,7-8H2,1-3H3,(H,24,29)/t10-/m1/s1. The van der Waals surface area contributed by atoms with Crippen molar-refractivity contribution >= 4 is 40.1 Å². The molecule has 4 heterocycles. The van der Waals surface area contributed by atoms with E-state index in [-0.39, 0.29) is 28.3 Å². The van der Waals surface area contributed by atoms with Crippen molar-refractivity contribution in [2.45, 2.75) is 33.4 Å². The number of rotatable bonds is 3. The summed E-state index contributed by atoms with van der Waals surface area (Å²) in [6.07, 6.45) is 1.37. The summed E-state index contributed by atoms with van der Waals surface area (Å²) in [7, 11) is 0. The van der Waals surface area contributed by atoms with Gasteiger partial charge in [-0.15, -0.1) is 0 Å². The second-order valence-electron chi connectivity index (χ2n) is 7.58. The third-order valence-electron chi connectivity index (χ3n) is 5.50. The summed E-state index contributed by atoms with van der Waals surface area (Å²) in [6, 6.07) is 3.79. The van der Waals surface area contributed by atoms with Gasteiger partial charge in [-0.1, -0.05) is 0 Å². The molecule has 1 aliphatic heterocycles. The van der Waals surface area contributed by atoms with E-state index in [2.05, 4.69) is 19.7 Å². The molecule has 11 heteroatoms. The van der Waals surface area contributed by atoms with Gasteiger partial charge in [-0.25, -0.2) is 14.4 Å². The molecule has 0 unspecified atom stereocenters. The van der Waals surface area contributed by atoms with Gasteiger partial charge in [-0.2, -0.15) is 4.37 Å². The number of benzene rings is 1. The number of carbonyl (C=O) groups is 2. The molecule has 164 valence electrons. The molecule has 4 aromatic rings. The number of halogens is 1. The van der Waals surface area contributed by atoms with Crippen molar-refractivity contribution in [3.05, 3.63) is 47.4 Å². The summed E-state index contributed by atoms with van der Waals surface area (Å²) in [6.45, 7) is 5.93. The number of amides is 2. The Kier molecular flexibility index (Phi) is 4.77. The molecule has 5 rings (SSSR count). The Hall–Kier alpha value is -3.60. The van der Waals surface area contributed by atoms with E-state index < -0.39 is 11.9 Å². The molecule has 0 saturated carbocycles. The van der Waals surface area contributed by atoms with E-state index in [4.69, 9.17) is 4.42 Å². The number of nitrogens with one attached hydrogen (secondary N) is 1. The van der Waals surface area contributed by atoms with E-state index in [9.17, 15) is 14.0 Å². The van der Waals surface area contributed by atoms with Crippen LogP contribution < -0.4 is 5.32 Å². The maximum Gasteiger partial charge on any atom is 0.258 e. The largest absolute Gasteiger partial charge is 0.463 e. The summed E-state index contributed by atoms with van der Waals surface area (Å²) in [5.41, 5.74) is 1.20. The topological polar surface area (TPSA) is 106 Å². The highest BCUT2D eigenvalue weighted by Gasteiger charge is 2.35. The fourth-order valence-electron chi connectivity index (χ4n) is 4.10. The smallest absolute Gasteiger partial charge is 0.258 e. The molecule has 2 amide bonds. The van der Waals surface area contributed by atoms with Crippen LogP contribution in [0.3, 0.4) is 0 Å². The van der Waals surface area contributed by atoms with Gasteiger partial charge in [0.15, 0.2) is 16.6 Å². The van der Waals surface area contributed by atoms with E-state index >= 15 is 0 Å². The first kappa shape index (κ1) is 20.3. The van der Waals surface area contributed by atoms with E-state index in [1.165, 1.54) is 42.9 Å². The zero-order chi connectivity index (χ0) is 22.6. The number of furan rings is 1. The number of hydrogen-bond donors (Lipinski definition) is 1. The Morgan fingerprint density at radius 3 is 2.78 bits per heavy atom. The Labute approximate surface area is 186 Å². The third kappa shape index (κ3) is 3.16. The van der Waals surface area contributed by atoms with Crippen molar-refractivity contribution < 1.29 is 18.4 Å². The van der Waals surface area contributed by atoms with Gasteiger partial charge in [-0.05, 0) is 43.6 Å². The van der Waals surface area contributed by atoms with Gasteiger partial charge in [-0.3, -0.25) is 9.59 Å². The Morgan fingerprint density at radius 2 is 2.06 bits per heavy atom. The van der Waals surface area contributed by atoms with Gasteiger partial charge in [0.05, 0.1) is 28.9 Å². The number of nitrogens with zero attached hydrogens (tertiary/aromatic N) is 5. The van der Waals surface area contributed by atoms with Crippen LogP contribution in [0.5, 0.6) is 0 Å². The number of fused-ring (bicyclic) bond motifs is 2. The molecule has 0 aliphatic carbocycles. The van der Waals surface area contributed by atoms with Crippen molar-refractivity contribution in [2.75, 3.05) is 11.9 Å². The Bertz CT molecular complexity index is 1370. The summed E-state index contributed by atoms with van der Waals surface area (Å²) in [5.74, 6) is 0.628. The van der Waals surface area contributed by atoms with Crippen LogP contribution in [0.15, 0.2) is 28.9 Å². The van der Waals surface area contributed by atoms with Crippen LogP contribution in [-0.4, -0.2) is 42.2 Å². The van der Waals surface area contributed by atoms with Crippen LogP contribution in [0.1, 0.15) is 41.8 Å². The third-order valence-corrected chi connectivity index (χ3v) is 6.30. The molecular formula is C21H19FN6O3S. The normalized spacial score (nSPS) is 15.8. The summed E-state index contributed by atoms with van der Waals surface area (Å²) in [5, 5.41) is 3.68. The number of imidazole rings is 1. The minimum Gasteiger partial charge on any atom is -0.463 e. The molecule has 9 nitrogen and oxygen atoms in total. The Balaban J connectivity index is 1.57. The van der Waals surface area contributed by atoms with Crippen molar-refractivity contribution in [1.82, 2.24) is 23.8 Å². The summed E-state index contributed by atoms with van der Waals surface area (Å²) in [4.78, 5) is 36.0. The van der Waals surface area contributed by atoms with Crippen molar-refractivity contribution in [1.29, 1.82) is 0 Å². The monoisotopic (exact) mass is 454 g/mol. The van der Waals surface area contributed by atoms with Gasteiger partial charge in [0, 0.05) is 20.0 Å². The van der Waals surface area contributed by atoms with Gasteiger partial charge >= 0.3 is 0 Å². The second-order valence-corrected chi connectivity index (χ2v) is 8.33. The van der Waals surface area contributed by atoms with Crippen LogP contribution in [0, 0.1) is 12.7 Å². The predicted octanol–water partition coefficient (Wildman–Crippen LogP) is 3.77. The van der Waals surface area contributed by atoms with Gasteiger partial charge < -0.3 is 19.2 Å². The molecular weight excluding hydrogens is 435 g/mol. The lowest BCUT2D eigenvalue weighted by atomic mass is 10.1. The lowest BCUT2D eigenvalue weighted by Gasteiger charge is -2.35. The first-order valence-electron chi connectivity index (χ1n) is 10.0. The van der Waals surface area contributed by atoms with Crippen molar-refractivity contribution in [2.24, 2.45) is 0 Å².